The summed E-state index contributed by atoms with van der Waals surface area (Å²) in [6, 6.07) is 4.32. The number of hydrogen-bond acceptors (Lipinski definition) is 4. The third-order valence-corrected chi connectivity index (χ3v) is 2.59. The molecule has 0 unspecified atom stereocenters. The molecule has 2 amide bonds. The second kappa shape index (κ2) is 8.91. The van der Waals surface area contributed by atoms with Crippen LogP contribution in [-0.2, 0) is 9.53 Å². The van der Waals surface area contributed by atoms with Crippen LogP contribution >= 0.6 is 0 Å². The number of carbonyl (C=O) groups is 2. The highest BCUT2D eigenvalue weighted by molar-refractivity contribution is 5.99. The zero-order valence-electron chi connectivity index (χ0n) is 11.9. The van der Waals surface area contributed by atoms with Crippen LogP contribution in [0.2, 0.25) is 0 Å². The van der Waals surface area contributed by atoms with Crippen LogP contribution in [0.15, 0.2) is 18.2 Å². The summed E-state index contributed by atoms with van der Waals surface area (Å²) in [6.45, 7) is 2.68. The Morgan fingerprint density at radius 1 is 1.33 bits per heavy atom. The van der Waals surface area contributed by atoms with E-state index in [4.69, 9.17) is 10.5 Å². The minimum atomic E-state index is -0.572. The molecule has 0 aliphatic carbocycles. The predicted octanol–water partition coefficient (Wildman–Crippen LogP) is 0.879. The number of carbonyl (C=O) groups excluding carboxylic acids is 2. The smallest absolute Gasteiger partial charge is 0.253 e. The van der Waals surface area contributed by atoms with Gasteiger partial charge >= 0.3 is 0 Å². The number of rotatable bonds is 9. The average molecular weight is 297 g/mol. The van der Waals surface area contributed by atoms with Gasteiger partial charge < -0.3 is 21.1 Å². The lowest BCUT2D eigenvalue weighted by Gasteiger charge is -2.12. The first-order valence-electron chi connectivity index (χ1n) is 6.73. The molecule has 1 aromatic rings. The van der Waals surface area contributed by atoms with Crippen LogP contribution in [0.1, 0.15) is 23.7 Å². The Hall–Kier alpha value is -2.15. The summed E-state index contributed by atoms with van der Waals surface area (Å²) in [6.07, 6.45) is 0.816. The van der Waals surface area contributed by atoms with E-state index in [0.717, 1.165) is 6.42 Å². The molecule has 1 rings (SSSR count). The number of ether oxygens (including phenoxy) is 1. The van der Waals surface area contributed by atoms with Crippen molar-refractivity contribution in [1.29, 1.82) is 0 Å². The van der Waals surface area contributed by atoms with E-state index < -0.39 is 17.6 Å². The highest BCUT2D eigenvalue weighted by Crippen LogP contribution is 2.19. The lowest BCUT2D eigenvalue weighted by Crippen LogP contribution is -2.29. The van der Waals surface area contributed by atoms with Crippen molar-refractivity contribution in [3.63, 3.8) is 0 Å². The molecular weight excluding hydrogens is 277 g/mol. The SMILES string of the molecule is CCCNc1c(F)cccc1C(=O)NCCOCC(N)=O. The van der Waals surface area contributed by atoms with Crippen LogP contribution in [0.5, 0.6) is 0 Å². The van der Waals surface area contributed by atoms with Crippen LogP contribution in [0.4, 0.5) is 10.1 Å². The number of benzene rings is 1. The number of nitrogens with two attached hydrogens (primary N) is 1. The second-order valence-corrected chi connectivity index (χ2v) is 4.36. The Labute approximate surface area is 122 Å². The topological polar surface area (TPSA) is 93.4 Å². The molecule has 0 aliphatic heterocycles. The Kier molecular flexibility index (Phi) is 7.17. The maximum absolute atomic E-state index is 13.7. The lowest BCUT2D eigenvalue weighted by molar-refractivity contribution is -0.122. The van der Waals surface area contributed by atoms with Crippen molar-refractivity contribution in [1.82, 2.24) is 5.32 Å². The highest BCUT2D eigenvalue weighted by Gasteiger charge is 2.14. The van der Waals surface area contributed by atoms with Gasteiger partial charge in [-0.1, -0.05) is 13.0 Å². The summed E-state index contributed by atoms with van der Waals surface area (Å²) in [5.74, 6) is -1.45. The van der Waals surface area contributed by atoms with Crippen molar-refractivity contribution in [3.8, 4) is 0 Å². The van der Waals surface area contributed by atoms with E-state index in [9.17, 15) is 14.0 Å². The Morgan fingerprint density at radius 2 is 2.10 bits per heavy atom. The summed E-state index contributed by atoms with van der Waals surface area (Å²) < 4.78 is 18.7. The molecule has 0 aliphatic rings. The minimum Gasteiger partial charge on any atom is -0.382 e. The number of primary amides is 1. The molecule has 6 nitrogen and oxygen atoms in total. The van der Waals surface area contributed by atoms with Crippen molar-refractivity contribution >= 4 is 17.5 Å². The van der Waals surface area contributed by atoms with E-state index in [1.165, 1.54) is 12.1 Å². The summed E-state index contributed by atoms with van der Waals surface area (Å²) >= 11 is 0. The second-order valence-electron chi connectivity index (χ2n) is 4.36. The molecule has 0 heterocycles. The van der Waals surface area contributed by atoms with Gasteiger partial charge in [-0.2, -0.15) is 0 Å². The van der Waals surface area contributed by atoms with E-state index in [1.807, 2.05) is 6.92 Å². The molecule has 0 saturated heterocycles. The molecule has 4 N–H and O–H groups in total. The van der Waals surface area contributed by atoms with Crippen LogP contribution in [0, 0.1) is 5.82 Å². The third kappa shape index (κ3) is 5.78. The molecule has 0 bridgehead atoms. The number of anilines is 1. The molecule has 1 aromatic carbocycles. The molecule has 21 heavy (non-hydrogen) atoms. The molecule has 116 valence electrons. The number of hydrogen-bond donors (Lipinski definition) is 3. The van der Waals surface area contributed by atoms with Crippen molar-refractivity contribution in [2.45, 2.75) is 13.3 Å². The van der Waals surface area contributed by atoms with E-state index in [2.05, 4.69) is 10.6 Å². The summed E-state index contributed by atoms with van der Waals surface area (Å²) in [7, 11) is 0. The molecule has 0 radical (unpaired) electrons. The molecule has 0 atom stereocenters. The quantitative estimate of drug-likeness (QED) is 0.590. The fraction of sp³-hybridized carbons (Fsp3) is 0.429. The van der Waals surface area contributed by atoms with Crippen LogP contribution in [-0.4, -0.2) is 38.1 Å². The monoisotopic (exact) mass is 297 g/mol. The average Bonchev–Trinajstić information content (AvgIpc) is 2.45. The Balaban J connectivity index is 2.57. The fourth-order valence-corrected chi connectivity index (χ4v) is 1.65. The van der Waals surface area contributed by atoms with Gasteiger partial charge in [0.2, 0.25) is 5.91 Å². The molecular formula is C14H20FN3O3. The predicted molar refractivity (Wildman–Crippen MR) is 77.5 cm³/mol. The molecule has 0 aromatic heterocycles. The van der Waals surface area contributed by atoms with E-state index in [0.29, 0.717) is 6.54 Å². The summed E-state index contributed by atoms with van der Waals surface area (Å²) in [4.78, 5) is 22.5. The van der Waals surface area contributed by atoms with E-state index in [-0.39, 0.29) is 31.0 Å². The van der Waals surface area contributed by atoms with Gasteiger partial charge in [-0.25, -0.2) is 4.39 Å². The van der Waals surface area contributed by atoms with Crippen molar-refractivity contribution in [3.05, 3.63) is 29.6 Å². The fourth-order valence-electron chi connectivity index (χ4n) is 1.65. The van der Waals surface area contributed by atoms with Crippen LogP contribution in [0.3, 0.4) is 0 Å². The first-order chi connectivity index (χ1) is 10.1. The van der Waals surface area contributed by atoms with Gasteiger partial charge in [-0.3, -0.25) is 9.59 Å². The maximum Gasteiger partial charge on any atom is 0.253 e. The van der Waals surface area contributed by atoms with Crippen LogP contribution in [0.25, 0.3) is 0 Å². The van der Waals surface area contributed by atoms with Crippen molar-refractivity contribution in [2.24, 2.45) is 5.73 Å². The maximum atomic E-state index is 13.7. The van der Waals surface area contributed by atoms with Gasteiger partial charge in [0.05, 0.1) is 17.9 Å². The summed E-state index contributed by atoms with van der Waals surface area (Å²) in [5.41, 5.74) is 5.33. The normalized spacial score (nSPS) is 10.2. The summed E-state index contributed by atoms with van der Waals surface area (Å²) in [5, 5.41) is 5.49. The van der Waals surface area contributed by atoms with Crippen molar-refractivity contribution < 1.29 is 18.7 Å². The van der Waals surface area contributed by atoms with Crippen LogP contribution < -0.4 is 16.4 Å². The number of amides is 2. The molecule has 7 heteroatoms. The van der Waals surface area contributed by atoms with Gasteiger partial charge in [0, 0.05) is 13.1 Å². The van der Waals surface area contributed by atoms with Gasteiger partial charge in [0.1, 0.15) is 12.4 Å². The largest absolute Gasteiger partial charge is 0.382 e. The minimum absolute atomic E-state index is 0.154. The van der Waals surface area contributed by atoms with E-state index >= 15 is 0 Å². The van der Waals surface area contributed by atoms with Gasteiger partial charge in [0.25, 0.3) is 5.91 Å². The zero-order valence-corrected chi connectivity index (χ0v) is 11.9. The van der Waals surface area contributed by atoms with Gasteiger partial charge in [0.15, 0.2) is 0 Å². The molecule has 0 saturated carbocycles. The number of para-hydroxylation sites is 1. The standard InChI is InChI=1S/C14H20FN3O3/c1-2-6-17-13-10(4-3-5-11(13)15)14(20)18-7-8-21-9-12(16)19/h3-5,17H,2,6-9H2,1H3,(H2,16,19)(H,18,20). The molecule has 0 spiro atoms. The Bertz CT molecular complexity index is 494. The number of nitrogens with one attached hydrogen (secondary N) is 2. The zero-order chi connectivity index (χ0) is 15.7. The third-order valence-electron chi connectivity index (χ3n) is 2.59. The van der Waals surface area contributed by atoms with Gasteiger partial charge in [-0.15, -0.1) is 0 Å². The lowest BCUT2D eigenvalue weighted by atomic mass is 10.1. The first kappa shape index (κ1) is 16.9. The molecule has 0 fully saturated rings. The highest BCUT2D eigenvalue weighted by atomic mass is 19.1. The first-order valence-corrected chi connectivity index (χ1v) is 6.73. The van der Waals surface area contributed by atoms with Crippen molar-refractivity contribution in [2.75, 3.05) is 31.6 Å². The van der Waals surface area contributed by atoms with Gasteiger partial charge in [-0.05, 0) is 18.6 Å². The number of halogens is 1. The van der Waals surface area contributed by atoms with E-state index in [1.54, 1.807) is 6.07 Å². The Morgan fingerprint density at radius 3 is 2.76 bits per heavy atom.